The third-order valence-corrected chi connectivity index (χ3v) is 13.2. The first-order valence-corrected chi connectivity index (χ1v) is 22.5. The molecule has 2 aliphatic heterocycles. The summed E-state index contributed by atoms with van der Waals surface area (Å²) >= 11 is 0. The molecule has 2 aliphatic rings. The first-order valence-electron chi connectivity index (χ1n) is 22.5. The van der Waals surface area contributed by atoms with Crippen LogP contribution in [0.1, 0.15) is 94.3 Å². The van der Waals surface area contributed by atoms with Gasteiger partial charge in [0.15, 0.2) is 11.6 Å². The lowest BCUT2D eigenvalue weighted by Gasteiger charge is -2.48. The number of carbonyl (C=O) groups excluding carboxylic acids is 3. The van der Waals surface area contributed by atoms with Crippen LogP contribution in [0.4, 0.5) is 8.78 Å². The van der Waals surface area contributed by atoms with E-state index in [2.05, 4.69) is 34.3 Å². The Bertz CT molecular complexity index is 2020. The minimum atomic E-state index is -0.809. The summed E-state index contributed by atoms with van der Waals surface area (Å²) in [6.07, 6.45) is 3.43. The predicted molar refractivity (Wildman–Crippen MR) is 240 cm³/mol. The average Bonchev–Trinajstić information content (AvgIpc) is 3.27. The average molecular weight is 851 g/mol. The van der Waals surface area contributed by atoms with E-state index in [9.17, 15) is 19.8 Å². The van der Waals surface area contributed by atoms with E-state index in [1.165, 1.54) is 36.4 Å². The lowest BCUT2D eigenvalue weighted by atomic mass is 9.62. The predicted octanol–water partition coefficient (Wildman–Crippen LogP) is 8.07. The number of ketones is 3. The SMILES string of the molecule is CCNCCCCN1CC(C(=O)c2cccc(O)c2)C(c2cccc(F)c2C)C(C(=O)[C@@H]2CN(CCCCNCC)C[C@H](C(=O)c3cccc(O)c3)[C@@H]2c2cccc(F)c2C)C1. The molecular formula is C51H64F2N4O5. The van der Waals surface area contributed by atoms with Crippen LogP contribution >= 0.6 is 0 Å². The fourth-order valence-corrected chi connectivity index (χ4v) is 10.1. The van der Waals surface area contributed by atoms with Crippen LogP contribution in [0, 0.1) is 49.2 Å². The summed E-state index contributed by atoms with van der Waals surface area (Å²) in [6, 6.07) is 22.1. The topological polar surface area (TPSA) is 122 Å². The molecule has 0 spiro atoms. The van der Waals surface area contributed by atoms with E-state index >= 15 is 13.6 Å². The second-order valence-corrected chi connectivity index (χ2v) is 17.3. The van der Waals surface area contributed by atoms with Crippen molar-refractivity contribution in [2.75, 3.05) is 65.4 Å². The van der Waals surface area contributed by atoms with Crippen LogP contribution < -0.4 is 10.6 Å². The molecule has 332 valence electrons. The maximum absolute atomic E-state index is 16.2. The maximum atomic E-state index is 16.2. The highest BCUT2D eigenvalue weighted by Gasteiger charge is 2.51. The lowest BCUT2D eigenvalue weighted by molar-refractivity contribution is -0.133. The molecule has 3 unspecified atom stereocenters. The summed E-state index contributed by atoms with van der Waals surface area (Å²) < 4.78 is 31.4. The van der Waals surface area contributed by atoms with E-state index in [0.717, 1.165) is 51.9 Å². The van der Waals surface area contributed by atoms with Gasteiger partial charge in [-0.3, -0.25) is 14.4 Å². The minimum absolute atomic E-state index is 0.0541. The van der Waals surface area contributed by atoms with Crippen LogP contribution in [-0.4, -0.2) is 103 Å². The highest BCUT2D eigenvalue weighted by atomic mass is 19.1. The van der Waals surface area contributed by atoms with Crippen molar-refractivity contribution in [3.05, 3.63) is 130 Å². The molecule has 4 N–H and O–H groups in total. The molecule has 2 saturated heterocycles. The number of halogens is 2. The number of piperidine rings is 2. The molecule has 0 saturated carbocycles. The number of hydrogen-bond donors (Lipinski definition) is 4. The van der Waals surface area contributed by atoms with Crippen molar-refractivity contribution in [2.45, 2.75) is 65.2 Å². The van der Waals surface area contributed by atoms with Crippen molar-refractivity contribution in [1.29, 1.82) is 0 Å². The smallest absolute Gasteiger partial charge is 0.167 e. The zero-order valence-electron chi connectivity index (χ0n) is 36.7. The molecule has 4 aromatic carbocycles. The Morgan fingerprint density at radius 1 is 0.581 bits per heavy atom. The first kappa shape index (κ1) is 46.7. The maximum Gasteiger partial charge on any atom is 0.167 e. The van der Waals surface area contributed by atoms with E-state index < -0.39 is 47.1 Å². The third-order valence-electron chi connectivity index (χ3n) is 13.2. The van der Waals surface area contributed by atoms with E-state index in [-0.39, 0.29) is 28.8 Å². The molecule has 0 aliphatic carbocycles. The Morgan fingerprint density at radius 2 is 0.968 bits per heavy atom. The standard InChI is InChI=1S/C51H64F2N4O5/c1-5-54-23-7-9-25-56-29-41(49(60)35-15-11-17-37(58)27-35)47(39-19-13-21-45(52)33(39)3)43(31-56)51(62)44-32-57(26-10-8-24-55-6-2)30-42(50(61)36-16-12-18-38(59)28-36)48(44)40-20-14-22-46(53)34(40)4/h11-22,27-28,41-44,47-48,54-55,58-59H,5-10,23-26,29-32H2,1-4H3/t41-,42?,43+,44?,47-,48?/m0/s1. The number of rotatable bonds is 20. The van der Waals surface area contributed by atoms with Crippen molar-refractivity contribution in [1.82, 2.24) is 20.4 Å². The summed E-state index contributed by atoms with van der Waals surface area (Å²) in [5.74, 6) is -6.28. The van der Waals surface area contributed by atoms with Gasteiger partial charge in [-0.25, -0.2) is 8.78 Å². The van der Waals surface area contributed by atoms with Gasteiger partial charge in [0.25, 0.3) is 0 Å². The fraction of sp³-hybridized carbons (Fsp3) is 0.471. The lowest BCUT2D eigenvalue weighted by Crippen LogP contribution is -2.56. The van der Waals surface area contributed by atoms with Gasteiger partial charge in [-0.15, -0.1) is 0 Å². The molecule has 11 heteroatoms. The monoisotopic (exact) mass is 850 g/mol. The summed E-state index contributed by atoms with van der Waals surface area (Å²) in [7, 11) is 0. The Hall–Kier alpha value is -4.81. The molecule has 0 aromatic heterocycles. The van der Waals surface area contributed by atoms with Crippen molar-refractivity contribution < 1.29 is 33.4 Å². The quantitative estimate of drug-likeness (QED) is 0.0517. The fourth-order valence-electron chi connectivity index (χ4n) is 10.1. The van der Waals surface area contributed by atoms with Gasteiger partial charge < -0.3 is 30.6 Å². The van der Waals surface area contributed by atoms with Gasteiger partial charge in [0, 0.05) is 72.8 Å². The van der Waals surface area contributed by atoms with E-state index in [1.807, 2.05) is 12.1 Å². The largest absolute Gasteiger partial charge is 0.508 e. The van der Waals surface area contributed by atoms with Gasteiger partial charge in [0.05, 0.1) is 0 Å². The molecular weight excluding hydrogens is 787 g/mol. The number of hydrogen-bond acceptors (Lipinski definition) is 9. The van der Waals surface area contributed by atoms with Crippen molar-refractivity contribution in [3.63, 3.8) is 0 Å². The number of nitrogens with one attached hydrogen (secondary N) is 2. The number of aromatic hydroxyl groups is 2. The van der Waals surface area contributed by atoms with E-state index in [1.54, 1.807) is 50.2 Å². The van der Waals surface area contributed by atoms with Gasteiger partial charge in [-0.1, -0.05) is 62.4 Å². The Labute approximate surface area is 365 Å². The molecule has 6 atom stereocenters. The van der Waals surface area contributed by atoms with Gasteiger partial charge in [0.2, 0.25) is 0 Å². The van der Waals surface area contributed by atoms with Gasteiger partial charge in [-0.2, -0.15) is 0 Å². The zero-order valence-corrected chi connectivity index (χ0v) is 36.7. The number of unbranched alkanes of at least 4 members (excludes halogenated alkanes) is 2. The Kier molecular flexibility index (Phi) is 16.6. The molecule has 6 rings (SSSR count). The third kappa shape index (κ3) is 11.0. The number of likely N-dealkylation sites (tertiary alicyclic amines) is 2. The molecule has 4 aromatic rings. The van der Waals surface area contributed by atoms with E-state index in [4.69, 9.17) is 0 Å². The summed E-state index contributed by atoms with van der Waals surface area (Å²) in [5, 5.41) is 27.7. The highest BCUT2D eigenvalue weighted by Crippen LogP contribution is 2.48. The van der Waals surface area contributed by atoms with Crippen LogP contribution in [0.15, 0.2) is 84.9 Å². The van der Waals surface area contributed by atoms with E-state index in [0.29, 0.717) is 72.6 Å². The zero-order chi connectivity index (χ0) is 44.3. The molecule has 62 heavy (non-hydrogen) atoms. The van der Waals surface area contributed by atoms with Crippen LogP contribution in [-0.2, 0) is 4.79 Å². The van der Waals surface area contributed by atoms with Crippen LogP contribution in [0.2, 0.25) is 0 Å². The van der Waals surface area contributed by atoms with Crippen LogP contribution in [0.3, 0.4) is 0 Å². The van der Waals surface area contributed by atoms with Crippen molar-refractivity contribution >= 4 is 17.3 Å². The van der Waals surface area contributed by atoms with Crippen molar-refractivity contribution in [2.24, 2.45) is 23.7 Å². The van der Waals surface area contributed by atoms with Gasteiger partial charge in [0.1, 0.15) is 28.9 Å². The number of phenols is 2. The summed E-state index contributed by atoms with van der Waals surface area (Å²) in [5.41, 5.74) is 2.50. The van der Waals surface area contributed by atoms with Gasteiger partial charge in [-0.05, 0) is 137 Å². The van der Waals surface area contributed by atoms with Crippen LogP contribution in [0.25, 0.3) is 0 Å². The second-order valence-electron chi connectivity index (χ2n) is 17.3. The molecule has 2 fully saturated rings. The molecule has 2 heterocycles. The highest BCUT2D eigenvalue weighted by molar-refractivity contribution is 6.01. The first-order chi connectivity index (χ1) is 29.9. The normalized spacial score (nSPS) is 22.1. The number of phenolic OH excluding ortho intramolecular Hbond substituents is 2. The Morgan fingerprint density at radius 3 is 1.35 bits per heavy atom. The molecule has 9 nitrogen and oxygen atoms in total. The minimum Gasteiger partial charge on any atom is -0.508 e. The second kappa shape index (κ2) is 22.0. The van der Waals surface area contributed by atoms with Crippen LogP contribution in [0.5, 0.6) is 11.5 Å². The summed E-state index contributed by atoms with van der Waals surface area (Å²) in [6.45, 7) is 13.4. The summed E-state index contributed by atoms with van der Waals surface area (Å²) in [4.78, 5) is 50.4. The molecule has 0 amide bonds. The Balaban J connectivity index is 1.51. The number of Topliss-reactive ketones (excluding diaryl/α,β-unsaturated/α-hetero) is 3. The number of carbonyl (C=O) groups is 3. The van der Waals surface area contributed by atoms with Gasteiger partial charge >= 0.3 is 0 Å². The number of benzene rings is 4. The number of nitrogens with zero attached hydrogens (tertiary/aromatic N) is 2. The molecule has 0 radical (unpaired) electrons. The van der Waals surface area contributed by atoms with Crippen molar-refractivity contribution in [3.8, 4) is 11.5 Å². The molecule has 0 bridgehead atoms.